The first-order valence-corrected chi connectivity index (χ1v) is 6.23. The Morgan fingerprint density at radius 1 is 1.44 bits per heavy atom. The third-order valence-electron chi connectivity index (χ3n) is 3.27. The summed E-state index contributed by atoms with van der Waals surface area (Å²) in [6.45, 7) is 1.98. The van der Waals surface area contributed by atoms with Gasteiger partial charge in [0, 0.05) is 11.7 Å². The number of nitrogens with one attached hydrogen (secondary N) is 2. The molecule has 1 saturated carbocycles. The number of carbonyl (C=O) groups is 1. The van der Waals surface area contributed by atoms with Crippen molar-refractivity contribution >= 4 is 11.7 Å². The third-order valence-corrected chi connectivity index (χ3v) is 3.27. The van der Waals surface area contributed by atoms with Crippen LogP contribution in [0.3, 0.4) is 0 Å². The Bertz CT molecular complexity index is 478. The molecule has 0 aliphatic heterocycles. The van der Waals surface area contributed by atoms with Gasteiger partial charge in [-0.2, -0.15) is 5.26 Å². The van der Waals surface area contributed by atoms with Gasteiger partial charge in [0.05, 0.1) is 12.0 Å². The molecule has 1 aromatic rings. The van der Waals surface area contributed by atoms with Crippen LogP contribution in [-0.4, -0.2) is 12.1 Å². The topological polar surface area (TPSA) is 64.9 Å². The number of carbonyl (C=O) groups excluding carboxylic acids is 1. The molecule has 0 bridgehead atoms. The van der Waals surface area contributed by atoms with Crippen LogP contribution < -0.4 is 10.6 Å². The molecule has 4 heteroatoms. The minimum atomic E-state index is -0.229. The number of rotatable bonds is 2. The Morgan fingerprint density at radius 3 is 3.00 bits per heavy atom. The lowest BCUT2D eigenvalue weighted by Gasteiger charge is -2.16. The van der Waals surface area contributed by atoms with Crippen LogP contribution in [0.1, 0.15) is 24.8 Å². The maximum Gasteiger partial charge on any atom is 0.319 e. The predicted octanol–water partition coefficient (Wildman–Crippen LogP) is 2.81. The maximum atomic E-state index is 11.8. The molecular formula is C14H17N3O. The SMILES string of the molecule is Cc1cccc(NC(=O)NC2CCCC2C#N)c1. The Morgan fingerprint density at radius 2 is 2.28 bits per heavy atom. The molecule has 1 aliphatic rings. The monoisotopic (exact) mass is 243 g/mol. The molecule has 2 atom stereocenters. The number of amides is 2. The number of hydrogen-bond acceptors (Lipinski definition) is 2. The Hall–Kier alpha value is -2.02. The molecule has 2 unspecified atom stereocenters. The van der Waals surface area contributed by atoms with E-state index in [4.69, 9.17) is 5.26 Å². The van der Waals surface area contributed by atoms with E-state index in [1.807, 2.05) is 31.2 Å². The Kier molecular flexibility index (Phi) is 3.83. The fraction of sp³-hybridized carbons (Fsp3) is 0.429. The summed E-state index contributed by atoms with van der Waals surface area (Å²) in [5.41, 5.74) is 1.88. The molecule has 0 radical (unpaired) electrons. The first-order chi connectivity index (χ1) is 8.69. The van der Waals surface area contributed by atoms with Crippen molar-refractivity contribution in [3.63, 3.8) is 0 Å². The second-order valence-electron chi connectivity index (χ2n) is 4.74. The number of aryl methyl sites for hydroxylation is 1. The average molecular weight is 243 g/mol. The Labute approximate surface area is 107 Å². The van der Waals surface area contributed by atoms with E-state index in [0.29, 0.717) is 0 Å². The predicted molar refractivity (Wildman–Crippen MR) is 70.1 cm³/mol. The smallest absolute Gasteiger partial charge is 0.319 e. The minimum Gasteiger partial charge on any atom is -0.334 e. The van der Waals surface area contributed by atoms with Crippen molar-refractivity contribution in [2.24, 2.45) is 5.92 Å². The largest absolute Gasteiger partial charge is 0.334 e. The molecule has 0 saturated heterocycles. The molecule has 0 heterocycles. The molecule has 18 heavy (non-hydrogen) atoms. The van der Waals surface area contributed by atoms with Gasteiger partial charge in [-0.05, 0) is 43.9 Å². The highest BCUT2D eigenvalue weighted by atomic mass is 16.2. The van der Waals surface area contributed by atoms with Crippen molar-refractivity contribution in [1.82, 2.24) is 5.32 Å². The van der Waals surface area contributed by atoms with Crippen LogP contribution in [0.15, 0.2) is 24.3 Å². The van der Waals surface area contributed by atoms with Gasteiger partial charge in [0.15, 0.2) is 0 Å². The van der Waals surface area contributed by atoms with Crippen molar-refractivity contribution in [2.75, 3.05) is 5.32 Å². The van der Waals surface area contributed by atoms with Crippen molar-refractivity contribution in [3.8, 4) is 6.07 Å². The summed E-state index contributed by atoms with van der Waals surface area (Å²) < 4.78 is 0. The van der Waals surface area contributed by atoms with E-state index >= 15 is 0 Å². The summed E-state index contributed by atoms with van der Waals surface area (Å²) in [6.07, 6.45) is 2.78. The van der Waals surface area contributed by atoms with Gasteiger partial charge in [-0.3, -0.25) is 0 Å². The molecule has 1 aromatic carbocycles. The lowest BCUT2D eigenvalue weighted by atomic mass is 10.1. The molecule has 0 spiro atoms. The van der Waals surface area contributed by atoms with Gasteiger partial charge in [0.2, 0.25) is 0 Å². The van der Waals surface area contributed by atoms with E-state index in [9.17, 15) is 4.79 Å². The van der Waals surface area contributed by atoms with E-state index in [0.717, 1.165) is 30.5 Å². The fourth-order valence-corrected chi connectivity index (χ4v) is 2.35. The highest BCUT2D eigenvalue weighted by Crippen LogP contribution is 2.24. The highest BCUT2D eigenvalue weighted by molar-refractivity contribution is 5.89. The third kappa shape index (κ3) is 3.01. The van der Waals surface area contributed by atoms with Crippen LogP contribution in [0.4, 0.5) is 10.5 Å². The lowest BCUT2D eigenvalue weighted by molar-refractivity contribution is 0.247. The average Bonchev–Trinajstić information content (AvgIpc) is 2.76. The summed E-state index contributed by atoms with van der Waals surface area (Å²) >= 11 is 0. The highest BCUT2D eigenvalue weighted by Gasteiger charge is 2.28. The Balaban J connectivity index is 1.91. The van der Waals surface area contributed by atoms with Gasteiger partial charge in [-0.25, -0.2) is 4.79 Å². The van der Waals surface area contributed by atoms with Crippen LogP contribution in [0.5, 0.6) is 0 Å². The second kappa shape index (κ2) is 5.54. The van der Waals surface area contributed by atoms with Gasteiger partial charge in [-0.1, -0.05) is 12.1 Å². The van der Waals surface area contributed by atoms with Gasteiger partial charge >= 0.3 is 6.03 Å². The lowest BCUT2D eigenvalue weighted by Crippen LogP contribution is -2.39. The second-order valence-corrected chi connectivity index (χ2v) is 4.74. The standard InChI is InChI=1S/C14H17N3O/c1-10-4-2-6-12(8-10)16-14(18)17-13-7-3-5-11(13)9-15/h2,4,6,8,11,13H,3,5,7H2,1H3,(H2,16,17,18). The zero-order chi connectivity index (χ0) is 13.0. The van der Waals surface area contributed by atoms with Crippen molar-refractivity contribution in [1.29, 1.82) is 5.26 Å². The molecule has 4 nitrogen and oxygen atoms in total. The number of anilines is 1. The van der Waals surface area contributed by atoms with Crippen LogP contribution in [0.2, 0.25) is 0 Å². The summed E-state index contributed by atoms with van der Waals surface area (Å²) in [6, 6.07) is 9.65. The number of nitrogens with zero attached hydrogens (tertiary/aromatic N) is 1. The number of hydrogen-bond donors (Lipinski definition) is 2. The summed E-state index contributed by atoms with van der Waals surface area (Å²) in [5, 5.41) is 14.6. The fourth-order valence-electron chi connectivity index (χ4n) is 2.35. The summed E-state index contributed by atoms with van der Waals surface area (Å²) in [4.78, 5) is 11.8. The van der Waals surface area contributed by atoms with Crippen LogP contribution in [0.25, 0.3) is 0 Å². The molecule has 2 rings (SSSR count). The van der Waals surface area contributed by atoms with E-state index in [1.54, 1.807) is 0 Å². The quantitative estimate of drug-likeness (QED) is 0.838. The minimum absolute atomic E-state index is 0.0141. The van der Waals surface area contributed by atoms with E-state index < -0.39 is 0 Å². The van der Waals surface area contributed by atoms with Crippen LogP contribution >= 0.6 is 0 Å². The molecular weight excluding hydrogens is 226 g/mol. The zero-order valence-corrected chi connectivity index (χ0v) is 10.4. The normalized spacial score (nSPS) is 22.2. The zero-order valence-electron chi connectivity index (χ0n) is 10.4. The van der Waals surface area contributed by atoms with E-state index in [-0.39, 0.29) is 18.0 Å². The van der Waals surface area contributed by atoms with Gasteiger partial charge in [-0.15, -0.1) is 0 Å². The van der Waals surface area contributed by atoms with E-state index in [2.05, 4.69) is 16.7 Å². The summed E-state index contributed by atoms with van der Waals surface area (Å²) in [5.74, 6) is -0.0479. The number of urea groups is 1. The van der Waals surface area contributed by atoms with Crippen molar-refractivity contribution in [2.45, 2.75) is 32.2 Å². The summed E-state index contributed by atoms with van der Waals surface area (Å²) in [7, 11) is 0. The number of nitriles is 1. The number of benzene rings is 1. The molecule has 94 valence electrons. The van der Waals surface area contributed by atoms with Crippen molar-refractivity contribution < 1.29 is 4.79 Å². The van der Waals surface area contributed by atoms with Gasteiger partial charge < -0.3 is 10.6 Å². The molecule has 0 aromatic heterocycles. The molecule has 2 amide bonds. The van der Waals surface area contributed by atoms with Crippen LogP contribution in [0, 0.1) is 24.2 Å². The van der Waals surface area contributed by atoms with Gasteiger partial charge in [0.1, 0.15) is 0 Å². The van der Waals surface area contributed by atoms with Crippen LogP contribution in [-0.2, 0) is 0 Å². The first kappa shape index (κ1) is 12.4. The molecule has 1 fully saturated rings. The van der Waals surface area contributed by atoms with Crippen molar-refractivity contribution in [3.05, 3.63) is 29.8 Å². The maximum absolute atomic E-state index is 11.8. The first-order valence-electron chi connectivity index (χ1n) is 6.23. The van der Waals surface area contributed by atoms with Gasteiger partial charge in [0.25, 0.3) is 0 Å². The molecule has 2 N–H and O–H groups in total. The van der Waals surface area contributed by atoms with E-state index in [1.165, 1.54) is 0 Å². The molecule has 1 aliphatic carbocycles.